The Kier molecular flexibility index (Phi) is 3.62. The molecule has 0 fully saturated rings. The Balaban J connectivity index is 1.98. The minimum Gasteiger partial charge on any atom is -0.315 e. The van der Waals surface area contributed by atoms with E-state index in [0.717, 1.165) is 16.6 Å². The van der Waals surface area contributed by atoms with E-state index in [4.69, 9.17) is 0 Å². The number of fused-ring (bicyclic) bond motifs is 1. The predicted octanol–water partition coefficient (Wildman–Crippen LogP) is 2.85. The molecule has 0 atom stereocenters. The van der Waals surface area contributed by atoms with Crippen molar-refractivity contribution in [2.45, 2.75) is 13.8 Å². The lowest BCUT2D eigenvalue weighted by atomic mass is 10.2. The largest absolute Gasteiger partial charge is 0.323 e. The smallest absolute Gasteiger partial charge is 0.315 e. The van der Waals surface area contributed by atoms with E-state index in [1.807, 2.05) is 38.1 Å². The number of anilines is 1. The summed E-state index contributed by atoms with van der Waals surface area (Å²) >= 11 is 0. The molecule has 94 valence electrons. The van der Waals surface area contributed by atoms with E-state index in [1.54, 1.807) is 12.4 Å². The van der Waals surface area contributed by atoms with Crippen molar-refractivity contribution in [2.75, 3.05) is 5.32 Å². The maximum absolute atomic E-state index is 11.6. The zero-order valence-corrected chi connectivity index (χ0v) is 10.4. The number of aromatic nitrogens is 2. The standard InChI is InChI=1S/C13H16N4O/c1-9(2)5-6-14-13(18)16-11-4-3-10-8-15-17-12(10)7-11/h3-9H,1-2H3,(H,15,17)(H2,14,16,18)/b6-5+. The summed E-state index contributed by atoms with van der Waals surface area (Å²) in [5.74, 6) is 0.409. The molecule has 5 heteroatoms. The Morgan fingerprint density at radius 1 is 1.44 bits per heavy atom. The molecule has 0 bridgehead atoms. The number of nitrogens with one attached hydrogen (secondary N) is 3. The molecule has 0 unspecified atom stereocenters. The third-order valence-electron chi connectivity index (χ3n) is 2.40. The summed E-state index contributed by atoms with van der Waals surface area (Å²) < 4.78 is 0. The number of benzene rings is 1. The van der Waals surface area contributed by atoms with Gasteiger partial charge in [0.05, 0.1) is 11.7 Å². The van der Waals surface area contributed by atoms with Crippen LogP contribution in [0.15, 0.2) is 36.7 Å². The lowest BCUT2D eigenvalue weighted by Gasteiger charge is -2.04. The molecule has 0 aliphatic carbocycles. The number of carbonyl (C=O) groups is 1. The van der Waals surface area contributed by atoms with E-state index in [0.29, 0.717) is 5.92 Å². The van der Waals surface area contributed by atoms with Crippen molar-refractivity contribution in [3.63, 3.8) is 0 Å². The summed E-state index contributed by atoms with van der Waals surface area (Å²) in [7, 11) is 0. The van der Waals surface area contributed by atoms with Gasteiger partial charge in [-0.2, -0.15) is 5.10 Å². The maximum Gasteiger partial charge on any atom is 0.323 e. The number of allylic oxidation sites excluding steroid dienone is 1. The Morgan fingerprint density at radius 2 is 2.28 bits per heavy atom. The van der Waals surface area contributed by atoms with Crippen LogP contribution in [-0.4, -0.2) is 16.2 Å². The fourth-order valence-electron chi connectivity index (χ4n) is 1.50. The van der Waals surface area contributed by atoms with Crippen molar-refractivity contribution in [2.24, 2.45) is 5.92 Å². The third kappa shape index (κ3) is 3.10. The highest BCUT2D eigenvalue weighted by molar-refractivity contribution is 5.92. The number of hydrogen-bond acceptors (Lipinski definition) is 2. The molecule has 18 heavy (non-hydrogen) atoms. The van der Waals surface area contributed by atoms with Gasteiger partial charge in [0, 0.05) is 17.3 Å². The van der Waals surface area contributed by atoms with Gasteiger partial charge in [-0.3, -0.25) is 5.10 Å². The first-order valence-electron chi connectivity index (χ1n) is 5.82. The number of H-pyrrole nitrogens is 1. The van der Waals surface area contributed by atoms with Gasteiger partial charge in [0.15, 0.2) is 0 Å². The van der Waals surface area contributed by atoms with E-state index in [1.165, 1.54) is 0 Å². The second-order valence-corrected chi connectivity index (χ2v) is 4.37. The highest BCUT2D eigenvalue weighted by Gasteiger charge is 2.01. The summed E-state index contributed by atoms with van der Waals surface area (Å²) in [5, 5.41) is 13.2. The molecule has 0 saturated heterocycles. The Bertz CT molecular complexity index is 571. The van der Waals surface area contributed by atoms with Gasteiger partial charge in [0.1, 0.15) is 0 Å². The van der Waals surface area contributed by atoms with Crippen molar-refractivity contribution >= 4 is 22.6 Å². The van der Waals surface area contributed by atoms with Gasteiger partial charge in [0.2, 0.25) is 0 Å². The second kappa shape index (κ2) is 5.35. The van der Waals surface area contributed by atoms with Crippen LogP contribution in [0.3, 0.4) is 0 Å². The third-order valence-corrected chi connectivity index (χ3v) is 2.40. The van der Waals surface area contributed by atoms with Crippen molar-refractivity contribution in [1.29, 1.82) is 0 Å². The van der Waals surface area contributed by atoms with Crippen molar-refractivity contribution in [1.82, 2.24) is 15.5 Å². The number of carbonyl (C=O) groups excluding carboxylic acids is 1. The van der Waals surface area contributed by atoms with E-state index < -0.39 is 0 Å². The number of rotatable bonds is 3. The van der Waals surface area contributed by atoms with Crippen LogP contribution in [0.5, 0.6) is 0 Å². The van der Waals surface area contributed by atoms with E-state index >= 15 is 0 Å². The van der Waals surface area contributed by atoms with Crippen LogP contribution in [0, 0.1) is 5.92 Å². The molecule has 0 aliphatic rings. The molecule has 0 spiro atoms. The molecule has 1 heterocycles. The van der Waals surface area contributed by atoms with Crippen molar-refractivity contribution in [3.05, 3.63) is 36.7 Å². The number of urea groups is 1. The Hall–Kier alpha value is -2.30. The second-order valence-electron chi connectivity index (χ2n) is 4.37. The van der Waals surface area contributed by atoms with Crippen LogP contribution in [-0.2, 0) is 0 Å². The van der Waals surface area contributed by atoms with Gasteiger partial charge in [-0.25, -0.2) is 4.79 Å². The van der Waals surface area contributed by atoms with Gasteiger partial charge in [-0.1, -0.05) is 19.9 Å². The summed E-state index contributed by atoms with van der Waals surface area (Å²) in [6.07, 6.45) is 5.30. The zero-order chi connectivity index (χ0) is 13.0. The monoisotopic (exact) mass is 244 g/mol. The summed E-state index contributed by atoms with van der Waals surface area (Å²) in [4.78, 5) is 11.6. The molecular formula is C13H16N4O. The van der Waals surface area contributed by atoms with Crippen molar-refractivity contribution < 1.29 is 4.79 Å². The summed E-state index contributed by atoms with van der Waals surface area (Å²) in [5.41, 5.74) is 1.62. The highest BCUT2D eigenvalue weighted by atomic mass is 16.2. The first-order chi connectivity index (χ1) is 8.65. The van der Waals surface area contributed by atoms with Crippen LogP contribution in [0.2, 0.25) is 0 Å². The summed E-state index contributed by atoms with van der Waals surface area (Å²) in [6.45, 7) is 4.09. The lowest BCUT2D eigenvalue weighted by molar-refractivity contribution is 0.255. The number of nitrogens with zero attached hydrogens (tertiary/aromatic N) is 1. The van der Waals surface area contributed by atoms with Crippen LogP contribution in [0.25, 0.3) is 10.9 Å². The Morgan fingerprint density at radius 3 is 3.06 bits per heavy atom. The molecule has 0 aliphatic heterocycles. The van der Waals surface area contributed by atoms with E-state index in [-0.39, 0.29) is 6.03 Å². The molecule has 2 aromatic rings. The SMILES string of the molecule is CC(C)/C=C/NC(=O)Nc1ccc2cn[nH]c2c1. The van der Waals surface area contributed by atoms with Gasteiger partial charge in [-0.05, 0) is 24.1 Å². The van der Waals surface area contributed by atoms with Crippen LogP contribution < -0.4 is 10.6 Å². The fourth-order valence-corrected chi connectivity index (χ4v) is 1.50. The fraction of sp³-hybridized carbons (Fsp3) is 0.231. The molecule has 1 aromatic heterocycles. The maximum atomic E-state index is 11.6. The minimum atomic E-state index is -0.259. The predicted molar refractivity (Wildman–Crippen MR) is 72.2 cm³/mol. The molecule has 3 N–H and O–H groups in total. The van der Waals surface area contributed by atoms with Gasteiger partial charge in [0.25, 0.3) is 0 Å². The summed E-state index contributed by atoms with van der Waals surface area (Å²) in [6, 6.07) is 5.32. The van der Waals surface area contributed by atoms with Crippen LogP contribution in [0.4, 0.5) is 10.5 Å². The van der Waals surface area contributed by atoms with E-state index in [2.05, 4.69) is 20.8 Å². The van der Waals surface area contributed by atoms with Gasteiger partial charge >= 0.3 is 6.03 Å². The molecule has 2 amide bonds. The normalized spacial score (nSPS) is 11.3. The number of amides is 2. The molecule has 2 rings (SSSR count). The molecule has 1 aromatic carbocycles. The van der Waals surface area contributed by atoms with Gasteiger partial charge < -0.3 is 10.6 Å². The van der Waals surface area contributed by atoms with Crippen molar-refractivity contribution in [3.8, 4) is 0 Å². The average molecular weight is 244 g/mol. The lowest BCUT2D eigenvalue weighted by Crippen LogP contribution is -2.23. The molecule has 0 saturated carbocycles. The molecule has 5 nitrogen and oxygen atoms in total. The minimum absolute atomic E-state index is 0.259. The molecular weight excluding hydrogens is 228 g/mol. The number of hydrogen-bond donors (Lipinski definition) is 3. The topological polar surface area (TPSA) is 69.8 Å². The first-order valence-corrected chi connectivity index (χ1v) is 5.82. The van der Waals surface area contributed by atoms with Gasteiger partial charge in [-0.15, -0.1) is 0 Å². The molecule has 0 radical (unpaired) electrons. The average Bonchev–Trinajstić information content (AvgIpc) is 2.75. The van der Waals surface area contributed by atoms with E-state index in [9.17, 15) is 4.79 Å². The highest BCUT2D eigenvalue weighted by Crippen LogP contribution is 2.16. The van der Waals surface area contributed by atoms with Crippen LogP contribution >= 0.6 is 0 Å². The Labute approximate surface area is 105 Å². The first kappa shape index (κ1) is 12.2. The van der Waals surface area contributed by atoms with Crippen LogP contribution in [0.1, 0.15) is 13.8 Å². The zero-order valence-electron chi connectivity index (χ0n) is 10.4. The quantitative estimate of drug-likeness (QED) is 0.777. The number of aromatic amines is 1.